The van der Waals surface area contributed by atoms with E-state index in [1.54, 1.807) is 12.5 Å². The van der Waals surface area contributed by atoms with E-state index in [4.69, 9.17) is 4.74 Å². The highest BCUT2D eigenvalue weighted by molar-refractivity contribution is 5.87. The molecule has 1 saturated carbocycles. The number of ether oxygens (including phenoxy) is 1. The molecule has 0 spiro atoms. The van der Waals surface area contributed by atoms with Crippen molar-refractivity contribution in [3.63, 3.8) is 0 Å². The minimum absolute atomic E-state index is 0.0170. The second-order valence-corrected chi connectivity index (χ2v) is 6.07. The molecular formula is C18H22N2O2. The molecule has 2 aromatic rings. The van der Waals surface area contributed by atoms with Gasteiger partial charge in [-0.15, -0.1) is 0 Å². The number of imidazole rings is 1. The van der Waals surface area contributed by atoms with Gasteiger partial charge in [0.2, 0.25) is 0 Å². The second-order valence-electron chi connectivity index (χ2n) is 6.07. The maximum Gasteiger partial charge on any atom is 0.356 e. The molecular weight excluding hydrogens is 276 g/mol. The average molecular weight is 298 g/mol. The van der Waals surface area contributed by atoms with E-state index in [2.05, 4.69) is 24.0 Å². The van der Waals surface area contributed by atoms with Crippen molar-refractivity contribution in [3.8, 4) is 0 Å². The van der Waals surface area contributed by atoms with Gasteiger partial charge in [0.15, 0.2) is 0 Å². The Hall–Kier alpha value is -2.10. The summed E-state index contributed by atoms with van der Waals surface area (Å²) in [6, 6.07) is 10.1. The van der Waals surface area contributed by atoms with Gasteiger partial charge in [-0.2, -0.15) is 0 Å². The number of carbonyl (C=O) groups is 1. The van der Waals surface area contributed by atoms with Crippen LogP contribution in [0.4, 0.5) is 0 Å². The number of carbonyl (C=O) groups excluding carboxylic acids is 1. The lowest BCUT2D eigenvalue weighted by Gasteiger charge is -2.31. The van der Waals surface area contributed by atoms with Gasteiger partial charge < -0.3 is 9.30 Å². The van der Waals surface area contributed by atoms with Crippen molar-refractivity contribution in [2.45, 2.75) is 45.3 Å². The van der Waals surface area contributed by atoms with Crippen LogP contribution >= 0.6 is 0 Å². The maximum absolute atomic E-state index is 12.4. The monoisotopic (exact) mass is 298 g/mol. The first kappa shape index (κ1) is 14.8. The third kappa shape index (κ3) is 2.91. The average Bonchev–Trinajstić information content (AvgIpc) is 2.95. The van der Waals surface area contributed by atoms with Gasteiger partial charge in [0.05, 0.1) is 18.6 Å². The summed E-state index contributed by atoms with van der Waals surface area (Å²) >= 11 is 0. The van der Waals surface area contributed by atoms with Crippen molar-refractivity contribution < 1.29 is 9.53 Å². The first-order valence-electron chi connectivity index (χ1n) is 7.94. The molecule has 4 heteroatoms. The van der Waals surface area contributed by atoms with Crippen LogP contribution in [0.5, 0.6) is 0 Å². The van der Waals surface area contributed by atoms with E-state index in [0.717, 1.165) is 18.4 Å². The fraction of sp³-hybridized carbons (Fsp3) is 0.444. The van der Waals surface area contributed by atoms with Crippen molar-refractivity contribution in [1.82, 2.24) is 9.55 Å². The first-order valence-corrected chi connectivity index (χ1v) is 7.94. The van der Waals surface area contributed by atoms with Gasteiger partial charge in [0.25, 0.3) is 0 Å². The zero-order valence-corrected chi connectivity index (χ0v) is 13.1. The van der Waals surface area contributed by atoms with Crippen LogP contribution in [-0.4, -0.2) is 21.6 Å². The lowest BCUT2D eigenvalue weighted by atomic mass is 9.82. The van der Waals surface area contributed by atoms with Crippen molar-refractivity contribution in [1.29, 1.82) is 0 Å². The number of hydrogen-bond donors (Lipinski definition) is 0. The number of hydrogen-bond acceptors (Lipinski definition) is 3. The van der Waals surface area contributed by atoms with Gasteiger partial charge in [-0.1, -0.05) is 36.8 Å². The molecule has 3 rings (SSSR count). The second kappa shape index (κ2) is 6.34. The molecule has 0 bridgehead atoms. The van der Waals surface area contributed by atoms with Crippen LogP contribution in [0.1, 0.15) is 55.2 Å². The molecule has 0 N–H and O–H groups in total. The standard InChI is InChI=1S/C18H22N2O2/c1-13(15-7-4-3-5-8-15)20-12-19-11-17(20)18(21)22-14(2)16-9-6-10-16/h3-5,7-8,11-14,16H,6,9-10H2,1-2H3. The quantitative estimate of drug-likeness (QED) is 0.788. The Balaban J connectivity index is 1.75. The summed E-state index contributed by atoms with van der Waals surface area (Å²) in [5.74, 6) is 0.242. The summed E-state index contributed by atoms with van der Waals surface area (Å²) in [4.78, 5) is 16.6. The summed E-state index contributed by atoms with van der Waals surface area (Å²) in [5, 5.41) is 0. The fourth-order valence-electron chi connectivity index (χ4n) is 2.90. The molecule has 0 aliphatic heterocycles. The van der Waals surface area contributed by atoms with Crippen molar-refractivity contribution in [2.75, 3.05) is 0 Å². The van der Waals surface area contributed by atoms with Crippen molar-refractivity contribution in [2.24, 2.45) is 5.92 Å². The Morgan fingerprint density at radius 3 is 2.64 bits per heavy atom. The summed E-state index contributed by atoms with van der Waals surface area (Å²) in [6.45, 7) is 4.05. The van der Waals surface area contributed by atoms with Crippen LogP contribution in [0.3, 0.4) is 0 Å². The smallest absolute Gasteiger partial charge is 0.356 e. The van der Waals surface area contributed by atoms with Gasteiger partial charge in [0.1, 0.15) is 11.8 Å². The lowest BCUT2D eigenvalue weighted by molar-refractivity contribution is 0.00544. The van der Waals surface area contributed by atoms with E-state index in [9.17, 15) is 4.79 Å². The first-order chi connectivity index (χ1) is 10.7. The highest BCUT2D eigenvalue weighted by Gasteiger charge is 2.28. The maximum atomic E-state index is 12.4. The molecule has 2 atom stereocenters. The molecule has 0 saturated heterocycles. The van der Waals surface area contributed by atoms with Gasteiger partial charge in [-0.3, -0.25) is 0 Å². The van der Waals surface area contributed by atoms with Crippen LogP contribution in [0.15, 0.2) is 42.9 Å². The van der Waals surface area contributed by atoms with E-state index < -0.39 is 0 Å². The molecule has 1 aromatic carbocycles. The minimum atomic E-state index is -0.278. The molecule has 1 fully saturated rings. The summed E-state index contributed by atoms with van der Waals surface area (Å²) in [7, 11) is 0. The molecule has 0 amide bonds. The van der Waals surface area contributed by atoms with E-state index in [0.29, 0.717) is 11.6 Å². The number of aromatic nitrogens is 2. The van der Waals surface area contributed by atoms with Gasteiger partial charge in [0, 0.05) is 0 Å². The SMILES string of the molecule is CC(OC(=O)c1cncn1C(C)c1ccccc1)C1CCC1. The minimum Gasteiger partial charge on any atom is -0.458 e. The molecule has 0 radical (unpaired) electrons. The summed E-state index contributed by atoms with van der Waals surface area (Å²) < 4.78 is 7.51. The normalized spacial score (nSPS) is 17.5. The fourth-order valence-corrected chi connectivity index (χ4v) is 2.90. The van der Waals surface area contributed by atoms with E-state index >= 15 is 0 Å². The molecule has 22 heavy (non-hydrogen) atoms. The third-order valence-electron chi connectivity index (χ3n) is 4.68. The molecule has 2 unspecified atom stereocenters. The van der Waals surface area contributed by atoms with Crippen LogP contribution < -0.4 is 0 Å². The molecule has 116 valence electrons. The zero-order chi connectivity index (χ0) is 15.5. The molecule has 1 aliphatic carbocycles. The highest BCUT2D eigenvalue weighted by atomic mass is 16.5. The Morgan fingerprint density at radius 2 is 2.00 bits per heavy atom. The van der Waals surface area contributed by atoms with Gasteiger partial charge >= 0.3 is 5.97 Å². The zero-order valence-electron chi connectivity index (χ0n) is 13.1. The molecule has 1 aliphatic rings. The third-order valence-corrected chi connectivity index (χ3v) is 4.68. The Bertz CT molecular complexity index is 632. The Morgan fingerprint density at radius 1 is 1.27 bits per heavy atom. The predicted molar refractivity (Wildman–Crippen MR) is 84.7 cm³/mol. The topological polar surface area (TPSA) is 44.1 Å². The van der Waals surface area contributed by atoms with E-state index in [-0.39, 0.29) is 18.1 Å². The van der Waals surface area contributed by atoms with Gasteiger partial charge in [-0.25, -0.2) is 9.78 Å². The Labute approximate surface area is 131 Å². The van der Waals surface area contributed by atoms with Gasteiger partial charge in [-0.05, 0) is 38.2 Å². The number of benzene rings is 1. The highest BCUT2D eigenvalue weighted by Crippen LogP contribution is 2.31. The predicted octanol–water partition coefficient (Wildman–Crippen LogP) is 3.84. The number of nitrogens with zero attached hydrogens (tertiary/aromatic N) is 2. The van der Waals surface area contributed by atoms with E-state index in [1.165, 1.54) is 6.42 Å². The summed E-state index contributed by atoms with van der Waals surface area (Å²) in [6.07, 6.45) is 6.84. The Kier molecular flexibility index (Phi) is 4.27. The molecule has 4 nitrogen and oxygen atoms in total. The molecule has 1 heterocycles. The summed E-state index contributed by atoms with van der Waals surface area (Å²) in [5.41, 5.74) is 1.66. The van der Waals surface area contributed by atoms with E-state index in [1.807, 2.05) is 29.7 Å². The number of esters is 1. The largest absolute Gasteiger partial charge is 0.458 e. The van der Waals surface area contributed by atoms with Crippen LogP contribution in [0.25, 0.3) is 0 Å². The van der Waals surface area contributed by atoms with Crippen LogP contribution in [0, 0.1) is 5.92 Å². The van der Waals surface area contributed by atoms with Crippen molar-refractivity contribution in [3.05, 3.63) is 54.1 Å². The van der Waals surface area contributed by atoms with Crippen LogP contribution in [0.2, 0.25) is 0 Å². The van der Waals surface area contributed by atoms with Crippen molar-refractivity contribution >= 4 is 5.97 Å². The van der Waals surface area contributed by atoms with Crippen LogP contribution in [-0.2, 0) is 4.74 Å². The molecule has 1 aromatic heterocycles. The lowest BCUT2D eigenvalue weighted by Crippen LogP contribution is -2.29. The number of rotatable bonds is 5.